The van der Waals surface area contributed by atoms with E-state index in [1.54, 1.807) is 0 Å². The molecule has 1 aliphatic rings. The zero-order valence-electron chi connectivity index (χ0n) is 5.96. The summed E-state index contributed by atoms with van der Waals surface area (Å²) in [4.78, 5) is 9.51. The standard InChI is InChI=1S/C6H12O3/c1-4(2)6-7-5(3)8-9-6/h4-6H,1-3H3. The molecule has 2 unspecified atom stereocenters. The molecule has 3 nitrogen and oxygen atoms in total. The minimum atomic E-state index is -0.211. The third-order valence-electron chi connectivity index (χ3n) is 1.16. The van der Waals surface area contributed by atoms with Crippen molar-refractivity contribution < 1.29 is 14.5 Å². The maximum atomic E-state index is 5.18. The summed E-state index contributed by atoms with van der Waals surface area (Å²) in [5, 5.41) is 0. The van der Waals surface area contributed by atoms with Gasteiger partial charge in [-0.3, -0.25) is 0 Å². The molecule has 0 aromatic carbocycles. The van der Waals surface area contributed by atoms with E-state index in [9.17, 15) is 0 Å². The fourth-order valence-electron chi connectivity index (χ4n) is 0.635. The summed E-state index contributed by atoms with van der Waals surface area (Å²) >= 11 is 0. The first-order chi connectivity index (χ1) is 4.20. The first-order valence-electron chi connectivity index (χ1n) is 3.17. The molecular weight excluding hydrogens is 120 g/mol. The van der Waals surface area contributed by atoms with E-state index in [0.717, 1.165) is 0 Å². The van der Waals surface area contributed by atoms with Crippen LogP contribution < -0.4 is 0 Å². The average molecular weight is 132 g/mol. The van der Waals surface area contributed by atoms with Gasteiger partial charge in [0.1, 0.15) is 0 Å². The predicted molar refractivity (Wildman–Crippen MR) is 31.3 cm³/mol. The van der Waals surface area contributed by atoms with Crippen molar-refractivity contribution in [3.05, 3.63) is 0 Å². The Morgan fingerprint density at radius 3 is 2.11 bits per heavy atom. The maximum absolute atomic E-state index is 5.18. The normalized spacial score (nSPS) is 36.0. The number of hydrogen-bond acceptors (Lipinski definition) is 3. The van der Waals surface area contributed by atoms with Gasteiger partial charge in [0, 0.05) is 5.92 Å². The van der Waals surface area contributed by atoms with Gasteiger partial charge in [-0.1, -0.05) is 13.8 Å². The topological polar surface area (TPSA) is 27.7 Å². The first kappa shape index (κ1) is 6.99. The summed E-state index contributed by atoms with van der Waals surface area (Å²) in [5.74, 6) is 0.356. The highest BCUT2D eigenvalue weighted by atomic mass is 17.3. The predicted octanol–water partition coefficient (Wildman–Crippen LogP) is 1.29. The lowest BCUT2D eigenvalue weighted by molar-refractivity contribution is -0.299. The molecule has 0 amide bonds. The van der Waals surface area contributed by atoms with E-state index in [1.165, 1.54) is 0 Å². The number of hydrogen-bond donors (Lipinski definition) is 0. The van der Waals surface area contributed by atoms with Crippen molar-refractivity contribution in [1.82, 2.24) is 0 Å². The van der Waals surface area contributed by atoms with E-state index >= 15 is 0 Å². The third-order valence-corrected chi connectivity index (χ3v) is 1.16. The molecule has 0 aromatic heterocycles. The summed E-state index contributed by atoms with van der Waals surface area (Å²) in [6, 6.07) is 0. The van der Waals surface area contributed by atoms with Gasteiger partial charge in [0.2, 0.25) is 0 Å². The first-order valence-corrected chi connectivity index (χ1v) is 3.17. The number of ether oxygens (including phenoxy) is 1. The summed E-state index contributed by atoms with van der Waals surface area (Å²) in [6.07, 6.45) is -0.391. The summed E-state index contributed by atoms with van der Waals surface area (Å²) < 4.78 is 5.18. The highest BCUT2D eigenvalue weighted by Gasteiger charge is 2.26. The van der Waals surface area contributed by atoms with Crippen molar-refractivity contribution in [3.8, 4) is 0 Å². The van der Waals surface area contributed by atoms with Crippen molar-refractivity contribution >= 4 is 0 Å². The van der Waals surface area contributed by atoms with Crippen LogP contribution in [-0.2, 0) is 14.5 Å². The van der Waals surface area contributed by atoms with Crippen LogP contribution in [-0.4, -0.2) is 12.6 Å². The van der Waals surface area contributed by atoms with Crippen molar-refractivity contribution in [3.63, 3.8) is 0 Å². The van der Waals surface area contributed by atoms with Crippen LogP contribution in [0.1, 0.15) is 20.8 Å². The molecule has 2 atom stereocenters. The molecule has 0 aromatic rings. The van der Waals surface area contributed by atoms with Crippen LogP contribution >= 0.6 is 0 Å². The molecule has 1 aliphatic heterocycles. The lowest BCUT2D eigenvalue weighted by atomic mass is 10.2. The molecule has 0 radical (unpaired) electrons. The molecule has 0 saturated carbocycles. The zero-order valence-corrected chi connectivity index (χ0v) is 5.96. The fraction of sp³-hybridized carbons (Fsp3) is 1.00. The molecule has 0 spiro atoms. The van der Waals surface area contributed by atoms with E-state index in [1.807, 2.05) is 20.8 Å². The van der Waals surface area contributed by atoms with Crippen LogP contribution in [0.25, 0.3) is 0 Å². The molecule has 1 heterocycles. The Morgan fingerprint density at radius 2 is 1.89 bits per heavy atom. The van der Waals surface area contributed by atoms with Crippen LogP contribution in [0.2, 0.25) is 0 Å². The van der Waals surface area contributed by atoms with Crippen molar-refractivity contribution in [2.75, 3.05) is 0 Å². The van der Waals surface area contributed by atoms with Crippen LogP contribution in [0, 0.1) is 5.92 Å². The Labute approximate surface area is 54.8 Å². The minimum absolute atomic E-state index is 0.181. The van der Waals surface area contributed by atoms with Crippen LogP contribution in [0.4, 0.5) is 0 Å². The Morgan fingerprint density at radius 1 is 1.22 bits per heavy atom. The van der Waals surface area contributed by atoms with Gasteiger partial charge in [-0.15, -0.1) is 0 Å². The molecule has 0 bridgehead atoms. The van der Waals surface area contributed by atoms with Crippen LogP contribution in [0.5, 0.6) is 0 Å². The second kappa shape index (κ2) is 2.64. The highest BCUT2D eigenvalue weighted by molar-refractivity contribution is 4.51. The fourth-order valence-corrected chi connectivity index (χ4v) is 0.635. The largest absolute Gasteiger partial charge is 0.318 e. The minimum Gasteiger partial charge on any atom is -0.318 e. The van der Waals surface area contributed by atoms with E-state index in [2.05, 4.69) is 0 Å². The molecule has 54 valence electrons. The van der Waals surface area contributed by atoms with Crippen molar-refractivity contribution in [2.24, 2.45) is 5.92 Å². The van der Waals surface area contributed by atoms with Gasteiger partial charge in [0.05, 0.1) is 0 Å². The molecule has 3 heteroatoms. The molecule has 1 fully saturated rings. The van der Waals surface area contributed by atoms with E-state index in [4.69, 9.17) is 14.5 Å². The zero-order chi connectivity index (χ0) is 6.85. The van der Waals surface area contributed by atoms with Crippen molar-refractivity contribution in [2.45, 2.75) is 33.4 Å². The van der Waals surface area contributed by atoms with Gasteiger partial charge in [-0.05, 0) is 6.92 Å². The van der Waals surface area contributed by atoms with Crippen LogP contribution in [0.15, 0.2) is 0 Å². The Hall–Kier alpha value is -0.120. The molecule has 0 aliphatic carbocycles. The molecule has 0 N–H and O–H groups in total. The van der Waals surface area contributed by atoms with Gasteiger partial charge in [0.25, 0.3) is 0 Å². The summed E-state index contributed by atoms with van der Waals surface area (Å²) in [7, 11) is 0. The second-order valence-electron chi connectivity index (χ2n) is 2.51. The highest BCUT2D eigenvalue weighted by Crippen LogP contribution is 2.18. The molecule has 9 heavy (non-hydrogen) atoms. The van der Waals surface area contributed by atoms with E-state index < -0.39 is 0 Å². The lowest BCUT2D eigenvalue weighted by Gasteiger charge is -2.08. The van der Waals surface area contributed by atoms with Crippen molar-refractivity contribution in [1.29, 1.82) is 0 Å². The van der Waals surface area contributed by atoms with E-state index in [-0.39, 0.29) is 12.6 Å². The second-order valence-corrected chi connectivity index (χ2v) is 2.51. The number of rotatable bonds is 1. The summed E-state index contributed by atoms with van der Waals surface area (Å²) in [6.45, 7) is 5.85. The van der Waals surface area contributed by atoms with Gasteiger partial charge in [-0.2, -0.15) is 0 Å². The van der Waals surface area contributed by atoms with Gasteiger partial charge < -0.3 is 4.74 Å². The molecular formula is C6H12O3. The van der Waals surface area contributed by atoms with Crippen LogP contribution in [0.3, 0.4) is 0 Å². The summed E-state index contributed by atoms with van der Waals surface area (Å²) in [5.41, 5.74) is 0. The Bertz CT molecular complexity index is 92.3. The molecule has 1 rings (SSSR count). The average Bonchev–Trinajstić information content (AvgIpc) is 2.14. The third kappa shape index (κ3) is 1.64. The lowest BCUT2D eigenvalue weighted by Crippen LogP contribution is -2.16. The SMILES string of the molecule is CC1OOC(C(C)C)O1. The molecule has 1 saturated heterocycles. The van der Waals surface area contributed by atoms with E-state index in [0.29, 0.717) is 5.92 Å². The quantitative estimate of drug-likeness (QED) is 0.503. The van der Waals surface area contributed by atoms with Gasteiger partial charge >= 0.3 is 0 Å². The Kier molecular flexibility index (Phi) is 2.05. The maximum Gasteiger partial charge on any atom is 0.196 e. The van der Waals surface area contributed by atoms with Gasteiger partial charge in [0.15, 0.2) is 12.6 Å². The monoisotopic (exact) mass is 132 g/mol. The Balaban J connectivity index is 2.30. The smallest absolute Gasteiger partial charge is 0.196 e. The van der Waals surface area contributed by atoms with Gasteiger partial charge in [-0.25, -0.2) is 9.78 Å².